The molecule has 0 spiro atoms. The van der Waals surface area contributed by atoms with Gasteiger partial charge in [0.25, 0.3) is 0 Å². The van der Waals surface area contributed by atoms with E-state index >= 15 is 0 Å². The number of rotatable bonds is 4. The van der Waals surface area contributed by atoms with Crippen LogP contribution in [-0.2, 0) is 4.79 Å². The Bertz CT molecular complexity index is 468. The van der Waals surface area contributed by atoms with E-state index in [0.717, 1.165) is 4.47 Å². The van der Waals surface area contributed by atoms with Crippen LogP contribution < -0.4 is 10.6 Å². The number of urea groups is 1. The number of aliphatic carboxylic acids is 1. The van der Waals surface area contributed by atoms with Crippen molar-refractivity contribution in [3.63, 3.8) is 0 Å². The fourth-order valence-electron chi connectivity index (χ4n) is 1.25. The van der Waals surface area contributed by atoms with Gasteiger partial charge in [0, 0.05) is 4.47 Å². The lowest BCUT2D eigenvalue weighted by Gasteiger charge is -2.13. The number of hydrogen-bond donors (Lipinski definition) is 3. The normalized spacial score (nSPS) is 11.7. The molecule has 0 aromatic heterocycles. The lowest BCUT2D eigenvalue weighted by molar-refractivity contribution is -0.139. The van der Waals surface area contributed by atoms with Gasteiger partial charge in [-0.25, -0.2) is 9.59 Å². The quantitative estimate of drug-likeness (QED) is 0.791. The van der Waals surface area contributed by atoms with Crippen molar-refractivity contribution >= 4 is 45.2 Å². The van der Waals surface area contributed by atoms with Crippen LogP contribution in [0.5, 0.6) is 0 Å². The maximum absolute atomic E-state index is 11.6. The molecule has 18 heavy (non-hydrogen) atoms. The first kappa shape index (κ1) is 14.8. The van der Waals surface area contributed by atoms with E-state index in [2.05, 4.69) is 26.6 Å². The first-order valence-electron chi connectivity index (χ1n) is 5.19. The number of benzene rings is 1. The van der Waals surface area contributed by atoms with Crippen LogP contribution in [0.25, 0.3) is 0 Å². The van der Waals surface area contributed by atoms with Gasteiger partial charge < -0.3 is 15.7 Å². The molecular weight excluding hydrogens is 323 g/mol. The molecule has 1 rings (SSSR count). The molecular formula is C11H12BrClN2O3. The zero-order chi connectivity index (χ0) is 13.7. The summed E-state index contributed by atoms with van der Waals surface area (Å²) >= 11 is 9.16. The predicted octanol–water partition coefficient (Wildman–Crippen LogP) is 3.09. The Morgan fingerprint density at radius 2 is 2.17 bits per heavy atom. The van der Waals surface area contributed by atoms with Crippen molar-refractivity contribution in [1.82, 2.24) is 5.32 Å². The topological polar surface area (TPSA) is 78.4 Å². The SMILES string of the molecule is CCC(NC(=O)Nc1ccc(Br)cc1Cl)C(=O)O. The summed E-state index contributed by atoms with van der Waals surface area (Å²) < 4.78 is 0.787. The number of carbonyl (C=O) groups is 2. The van der Waals surface area contributed by atoms with Crippen LogP contribution in [0.3, 0.4) is 0 Å². The predicted molar refractivity (Wildman–Crippen MR) is 73.0 cm³/mol. The van der Waals surface area contributed by atoms with Gasteiger partial charge in [-0.15, -0.1) is 0 Å². The third-order valence-corrected chi connectivity index (χ3v) is 3.00. The third-order valence-electron chi connectivity index (χ3n) is 2.19. The minimum atomic E-state index is -1.07. The lowest BCUT2D eigenvalue weighted by Crippen LogP contribution is -2.42. The van der Waals surface area contributed by atoms with Gasteiger partial charge in [-0.3, -0.25) is 0 Å². The van der Waals surface area contributed by atoms with Crippen LogP contribution in [-0.4, -0.2) is 23.1 Å². The van der Waals surface area contributed by atoms with Gasteiger partial charge >= 0.3 is 12.0 Å². The molecule has 0 aliphatic carbocycles. The summed E-state index contributed by atoms with van der Waals surface area (Å²) in [5, 5.41) is 14.0. The lowest BCUT2D eigenvalue weighted by atomic mass is 10.2. The molecule has 3 N–H and O–H groups in total. The molecule has 0 saturated carbocycles. The summed E-state index contributed by atoms with van der Waals surface area (Å²) in [7, 11) is 0. The molecule has 5 nitrogen and oxygen atoms in total. The molecule has 1 atom stereocenters. The molecule has 1 aromatic rings. The van der Waals surface area contributed by atoms with E-state index < -0.39 is 18.0 Å². The molecule has 2 amide bonds. The van der Waals surface area contributed by atoms with Crippen molar-refractivity contribution in [3.05, 3.63) is 27.7 Å². The highest BCUT2D eigenvalue weighted by Gasteiger charge is 2.17. The smallest absolute Gasteiger partial charge is 0.326 e. The van der Waals surface area contributed by atoms with E-state index in [4.69, 9.17) is 16.7 Å². The molecule has 0 heterocycles. The van der Waals surface area contributed by atoms with Crippen molar-refractivity contribution < 1.29 is 14.7 Å². The number of hydrogen-bond acceptors (Lipinski definition) is 2. The van der Waals surface area contributed by atoms with Crippen LogP contribution in [0.1, 0.15) is 13.3 Å². The van der Waals surface area contributed by atoms with E-state index in [-0.39, 0.29) is 0 Å². The number of anilines is 1. The van der Waals surface area contributed by atoms with Crippen molar-refractivity contribution in [3.8, 4) is 0 Å². The van der Waals surface area contributed by atoms with E-state index in [1.807, 2.05) is 0 Å². The number of nitrogens with one attached hydrogen (secondary N) is 2. The Morgan fingerprint density at radius 1 is 1.50 bits per heavy atom. The second-order valence-electron chi connectivity index (χ2n) is 3.52. The number of carboxylic acids is 1. The van der Waals surface area contributed by atoms with Gasteiger partial charge in [-0.05, 0) is 24.6 Å². The molecule has 0 fully saturated rings. The highest BCUT2D eigenvalue weighted by Crippen LogP contribution is 2.25. The highest BCUT2D eigenvalue weighted by atomic mass is 79.9. The van der Waals surface area contributed by atoms with Crippen molar-refractivity contribution in [2.45, 2.75) is 19.4 Å². The summed E-state index contributed by atoms with van der Waals surface area (Å²) in [6.45, 7) is 1.67. The van der Waals surface area contributed by atoms with Gasteiger partial charge in [0.2, 0.25) is 0 Å². The van der Waals surface area contributed by atoms with Gasteiger partial charge in [0.05, 0.1) is 10.7 Å². The molecule has 0 aliphatic rings. The average Bonchev–Trinajstić information content (AvgIpc) is 2.29. The second-order valence-corrected chi connectivity index (χ2v) is 4.84. The Labute approximate surface area is 118 Å². The Hall–Kier alpha value is -1.27. The zero-order valence-corrected chi connectivity index (χ0v) is 11.9. The summed E-state index contributed by atoms with van der Waals surface area (Å²) in [6.07, 6.45) is 0.302. The van der Waals surface area contributed by atoms with Crippen LogP contribution >= 0.6 is 27.5 Å². The molecule has 0 radical (unpaired) electrons. The van der Waals surface area contributed by atoms with Crippen molar-refractivity contribution in [2.75, 3.05) is 5.32 Å². The zero-order valence-electron chi connectivity index (χ0n) is 9.54. The van der Waals surface area contributed by atoms with Gasteiger partial charge in [-0.2, -0.15) is 0 Å². The molecule has 0 saturated heterocycles. The summed E-state index contributed by atoms with van der Waals surface area (Å²) in [6, 6.07) is 3.45. The Morgan fingerprint density at radius 3 is 2.67 bits per heavy atom. The van der Waals surface area contributed by atoms with E-state index in [1.165, 1.54) is 0 Å². The molecule has 0 aliphatic heterocycles. The minimum absolute atomic E-state index is 0.302. The molecule has 0 bridgehead atoms. The molecule has 1 aromatic carbocycles. The monoisotopic (exact) mass is 334 g/mol. The first-order chi connectivity index (χ1) is 8.43. The number of amides is 2. The van der Waals surface area contributed by atoms with Crippen molar-refractivity contribution in [2.24, 2.45) is 0 Å². The highest BCUT2D eigenvalue weighted by molar-refractivity contribution is 9.10. The third kappa shape index (κ3) is 4.19. The summed E-state index contributed by atoms with van der Waals surface area (Å²) in [5.74, 6) is -1.07. The van der Waals surface area contributed by atoms with Crippen molar-refractivity contribution in [1.29, 1.82) is 0 Å². The van der Waals surface area contributed by atoms with Crippen LogP contribution in [0.2, 0.25) is 5.02 Å². The second kappa shape index (κ2) is 6.61. The van der Waals surface area contributed by atoms with Gasteiger partial charge in [0.15, 0.2) is 0 Å². The number of halogens is 2. The molecule has 98 valence electrons. The number of carboxylic acid groups (broad SMARTS) is 1. The van der Waals surface area contributed by atoms with E-state index in [9.17, 15) is 9.59 Å². The van der Waals surface area contributed by atoms with Gasteiger partial charge in [-0.1, -0.05) is 34.5 Å². The molecule has 7 heteroatoms. The Kier molecular flexibility index (Phi) is 5.43. The van der Waals surface area contributed by atoms with Gasteiger partial charge in [0.1, 0.15) is 6.04 Å². The fourth-order valence-corrected chi connectivity index (χ4v) is 1.97. The summed E-state index contributed by atoms with van der Waals surface area (Å²) in [5.41, 5.74) is 0.414. The fraction of sp³-hybridized carbons (Fsp3) is 0.273. The first-order valence-corrected chi connectivity index (χ1v) is 6.36. The maximum atomic E-state index is 11.6. The minimum Gasteiger partial charge on any atom is -0.480 e. The number of carbonyl (C=O) groups excluding carboxylic acids is 1. The summed E-state index contributed by atoms with van der Waals surface area (Å²) in [4.78, 5) is 22.3. The van der Waals surface area contributed by atoms with E-state index in [0.29, 0.717) is 17.1 Å². The van der Waals surface area contributed by atoms with Crippen LogP contribution in [0, 0.1) is 0 Å². The Balaban J connectivity index is 2.67. The van der Waals surface area contributed by atoms with Crippen LogP contribution in [0.15, 0.2) is 22.7 Å². The average molecular weight is 336 g/mol. The van der Waals surface area contributed by atoms with Crippen LogP contribution in [0.4, 0.5) is 10.5 Å². The van der Waals surface area contributed by atoms with E-state index in [1.54, 1.807) is 25.1 Å². The largest absolute Gasteiger partial charge is 0.480 e. The molecule has 1 unspecified atom stereocenters. The standard InChI is InChI=1S/C11H12BrClN2O3/c1-2-8(10(16)17)14-11(18)15-9-4-3-6(12)5-7(9)13/h3-5,8H,2H2,1H3,(H,16,17)(H2,14,15,18). The maximum Gasteiger partial charge on any atom is 0.326 e.